The number of anilines is 1. The van der Waals surface area contributed by atoms with Gasteiger partial charge in [0.25, 0.3) is 0 Å². The zero-order valence-corrected chi connectivity index (χ0v) is 11.8. The Labute approximate surface area is 119 Å². The topological polar surface area (TPSA) is 75.6 Å². The zero-order chi connectivity index (χ0) is 13.8. The fourth-order valence-corrected chi connectivity index (χ4v) is 2.29. The number of hydrogen-bond acceptors (Lipinski definition) is 3. The number of nitrogens with one attached hydrogen (secondary N) is 1. The predicted octanol–water partition coefficient (Wildman–Crippen LogP) is 2.51. The minimum atomic E-state index is -1.02. The molecule has 19 heavy (non-hydrogen) atoms. The standard InChI is InChI=1S/C13H14BrNO4/c14-10-2-1-9(13(17)18)7-11(10)15-12(16)8-3-5-19-6-4-8/h1-2,7-8H,3-6H2,(H,15,16)(H,17,18). The van der Waals surface area contributed by atoms with Crippen molar-refractivity contribution in [3.63, 3.8) is 0 Å². The van der Waals surface area contributed by atoms with Crippen molar-refractivity contribution in [2.75, 3.05) is 18.5 Å². The minimum Gasteiger partial charge on any atom is -0.478 e. The lowest BCUT2D eigenvalue weighted by molar-refractivity contribution is -0.122. The van der Waals surface area contributed by atoms with Crippen molar-refractivity contribution in [1.29, 1.82) is 0 Å². The van der Waals surface area contributed by atoms with E-state index in [-0.39, 0.29) is 17.4 Å². The maximum atomic E-state index is 12.1. The second kappa shape index (κ2) is 6.16. The van der Waals surface area contributed by atoms with Crippen LogP contribution in [0.2, 0.25) is 0 Å². The summed E-state index contributed by atoms with van der Waals surface area (Å²) in [6, 6.07) is 4.54. The first-order valence-electron chi connectivity index (χ1n) is 5.99. The van der Waals surface area contributed by atoms with E-state index in [0.717, 1.165) is 0 Å². The molecule has 0 bridgehead atoms. The van der Waals surface area contributed by atoms with Crippen molar-refractivity contribution < 1.29 is 19.4 Å². The van der Waals surface area contributed by atoms with Crippen molar-refractivity contribution in [3.05, 3.63) is 28.2 Å². The lowest BCUT2D eigenvalue weighted by atomic mass is 9.99. The normalized spacial score (nSPS) is 16.1. The van der Waals surface area contributed by atoms with Crippen LogP contribution in [0.5, 0.6) is 0 Å². The summed E-state index contributed by atoms with van der Waals surface area (Å²) < 4.78 is 5.87. The van der Waals surface area contributed by atoms with E-state index in [9.17, 15) is 9.59 Å². The third kappa shape index (κ3) is 3.54. The molecule has 1 heterocycles. The van der Waals surface area contributed by atoms with Crippen molar-refractivity contribution in [2.24, 2.45) is 5.92 Å². The van der Waals surface area contributed by atoms with Crippen molar-refractivity contribution in [1.82, 2.24) is 0 Å². The first kappa shape index (κ1) is 14.0. The second-order valence-corrected chi connectivity index (χ2v) is 5.23. The molecule has 0 radical (unpaired) electrons. The van der Waals surface area contributed by atoms with E-state index in [2.05, 4.69) is 21.2 Å². The van der Waals surface area contributed by atoms with Crippen molar-refractivity contribution in [2.45, 2.75) is 12.8 Å². The van der Waals surface area contributed by atoms with Crippen LogP contribution in [0.15, 0.2) is 22.7 Å². The third-order valence-electron chi connectivity index (χ3n) is 3.06. The molecule has 1 fully saturated rings. The van der Waals surface area contributed by atoms with Crippen molar-refractivity contribution >= 4 is 33.5 Å². The number of benzene rings is 1. The van der Waals surface area contributed by atoms with Crippen LogP contribution in [-0.2, 0) is 9.53 Å². The van der Waals surface area contributed by atoms with Gasteiger partial charge < -0.3 is 15.2 Å². The van der Waals surface area contributed by atoms with E-state index in [1.165, 1.54) is 12.1 Å². The maximum Gasteiger partial charge on any atom is 0.335 e. The molecule has 1 aliphatic rings. The van der Waals surface area contributed by atoms with Gasteiger partial charge in [-0.25, -0.2) is 4.79 Å². The van der Waals surface area contributed by atoms with Crippen LogP contribution in [0.1, 0.15) is 23.2 Å². The van der Waals surface area contributed by atoms with E-state index in [1.807, 2.05) is 0 Å². The Morgan fingerprint density at radius 3 is 2.63 bits per heavy atom. The summed E-state index contributed by atoms with van der Waals surface area (Å²) >= 11 is 3.30. The number of carboxylic acids is 1. The number of amides is 1. The Bertz CT molecular complexity index is 497. The highest BCUT2D eigenvalue weighted by atomic mass is 79.9. The number of halogens is 1. The van der Waals surface area contributed by atoms with Gasteiger partial charge in [-0.05, 0) is 47.0 Å². The maximum absolute atomic E-state index is 12.1. The van der Waals surface area contributed by atoms with Crippen molar-refractivity contribution in [3.8, 4) is 0 Å². The molecule has 2 rings (SSSR count). The Balaban J connectivity index is 2.11. The van der Waals surface area contributed by atoms with Gasteiger partial charge in [0.15, 0.2) is 0 Å². The molecular weight excluding hydrogens is 314 g/mol. The van der Waals surface area contributed by atoms with Crippen LogP contribution in [0.4, 0.5) is 5.69 Å². The number of rotatable bonds is 3. The highest BCUT2D eigenvalue weighted by molar-refractivity contribution is 9.10. The number of hydrogen-bond donors (Lipinski definition) is 2. The summed E-state index contributed by atoms with van der Waals surface area (Å²) in [5.41, 5.74) is 0.627. The monoisotopic (exact) mass is 327 g/mol. The number of aromatic carboxylic acids is 1. The highest BCUT2D eigenvalue weighted by Gasteiger charge is 2.22. The predicted molar refractivity (Wildman–Crippen MR) is 73.3 cm³/mol. The van der Waals surface area contributed by atoms with Gasteiger partial charge in [0.2, 0.25) is 5.91 Å². The van der Waals surface area contributed by atoms with Crippen LogP contribution in [0, 0.1) is 5.92 Å². The SMILES string of the molecule is O=C(O)c1ccc(Br)c(NC(=O)C2CCOCC2)c1. The molecule has 1 saturated heterocycles. The van der Waals surface area contributed by atoms with Crippen LogP contribution in [-0.4, -0.2) is 30.2 Å². The molecule has 0 saturated carbocycles. The fraction of sp³-hybridized carbons (Fsp3) is 0.385. The third-order valence-corrected chi connectivity index (χ3v) is 3.75. The second-order valence-electron chi connectivity index (χ2n) is 4.38. The fourth-order valence-electron chi connectivity index (χ4n) is 1.95. The summed E-state index contributed by atoms with van der Waals surface area (Å²) in [5, 5.41) is 11.7. The smallest absolute Gasteiger partial charge is 0.335 e. The molecule has 0 spiro atoms. The first-order valence-corrected chi connectivity index (χ1v) is 6.78. The molecule has 0 aromatic heterocycles. The molecule has 5 nitrogen and oxygen atoms in total. The van der Waals surface area contributed by atoms with E-state index >= 15 is 0 Å². The first-order chi connectivity index (χ1) is 9.08. The van der Waals surface area contributed by atoms with Gasteiger partial charge in [-0.3, -0.25) is 4.79 Å². The van der Waals surface area contributed by atoms with E-state index in [4.69, 9.17) is 9.84 Å². The molecule has 0 aliphatic carbocycles. The molecule has 1 aromatic carbocycles. The van der Waals surface area contributed by atoms with Gasteiger partial charge in [-0.1, -0.05) is 0 Å². The lowest BCUT2D eigenvalue weighted by Crippen LogP contribution is -2.28. The number of carbonyl (C=O) groups excluding carboxylic acids is 1. The van der Waals surface area contributed by atoms with Gasteiger partial charge in [-0.2, -0.15) is 0 Å². The van der Waals surface area contributed by atoms with E-state index in [1.54, 1.807) is 6.07 Å². The average Bonchev–Trinajstić information content (AvgIpc) is 2.42. The van der Waals surface area contributed by atoms with Crippen LogP contribution >= 0.6 is 15.9 Å². The molecule has 0 atom stereocenters. The van der Waals surface area contributed by atoms with Gasteiger partial charge in [-0.15, -0.1) is 0 Å². The summed E-state index contributed by atoms with van der Waals surface area (Å²) in [6.07, 6.45) is 1.39. The molecule has 1 aromatic rings. The Kier molecular flexibility index (Phi) is 4.55. The number of carbonyl (C=O) groups is 2. The Morgan fingerprint density at radius 1 is 1.32 bits per heavy atom. The molecule has 0 unspecified atom stereocenters. The molecule has 2 N–H and O–H groups in total. The number of carboxylic acid groups (broad SMARTS) is 1. The highest BCUT2D eigenvalue weighted by Crippen LogP contribution is 2.25. The Hall–Kier alpha value is -1.40. The summed E-state index contributed by atoms with van der Waals surface area (Å²) in [5.74, 6) is -1.19. The van der Waals surface area contributed by atoms with Gasteiger partial charge in [0.1, 0.15) is 0 Å². The quantitative estimate of drug-likeness (QED) is 0.894. The van der Waals surface area contributed by atoms with E-state index in [0.29, 0.717) is 36.2 Å². The average molecular weight is 328 g/mol. The lowest BCUT2D eigenvalue weighted by Gasteiger charge is -2.21. The largest absolute Gasteiger partial charge is 0.478 e. The molecular formula is C13H14BrNO4. The molecule has 1 aliphatic heterocycles. The zero-order valence-electron chi connectivity index (χ0n) is 10.2. The molecule has 102 valence electrons. The molecule has 1 amide bonds. The van der Waals surface area contributed by atoms with Crippen LogP contribution in [0.25, 0.3) is 0 Å². The van der Waals surface area contributed by atoms with Gasteiger partial charge >= 0.3 is 5.97 Å². The van der Waals surface area contributed by atoms with E-state index < -0.39 is 5.97 Å². The Morgan fingerprint density at radius 2 is 2.00 bits per heavy atom. The minimum absolute atomic E-state index is 0.0749. The van der Waals surface area contributed by atoms with Gasteiger partial charge in [0, 0.05) is 23.6 Å². The van der Waals surface area contributed by atoms with Crippen LogP contribution < -0.4 is 5.32 Å². The number of ether oxygens (including phenoxy) is 1. The summed E-state index contributed by atoms with van der Waals surface area (Å²) in [7, 11) is 0. The van der Waals surface area contributed by atoms with Gasteiger partial charge in [0.05, 0.1) is 11.3 Å². The summed E-state index contributed by atoms with van der Waals surface area (Å²) in [6.45, 7) is 1.18. The molecule has 6 heteroatoms. The summed E-state index contributed by atoms with van der Waals surface area (Å²) in [4.78, 5) is 23.0. The van der Waals surface area contributed by atoms with Crippen LogP contribution in [0.3, 0.4) is 0 Å².